The molecule has 0 spiro atoms. The van der Waals surface area contributed by atoms with E-state index >= 15 is 0 Å². The van der Waals surface area contributed by atoms with Gasteiger partial charge in [0, 0.05) is 24.6 Å². The van der Waals surface area contributed by atoms with Gasteiger partial charge in [-0.25, -0.2) is 8.42 Å². The van der Waals surface area contributed by atoms with Gasteiger partial charge in [-0.05, 0) is 25.0 Å². The van der Waals surface area contributed by atoms with Crippen molar-refractivity contribution in [3.63, 3.8) is 0 Å². The maximum absolute atomic E-state index is 12.4. The van der Waals surface area contributed by atoms with Crippen LogP contribution < -0.4 is 0 Å². The summed E-state index contributed by atoms with van der Waals surface area (Å²) < 4.78 is 31.9. The van der Waals surface area contributed by atoms with E-state index in [2.05, 4.69) is 0 Å². The van der Waals surface area contributed by atoms with Crippen LogP contribution in [0.4, 0.5) is 0 Å². The molecule has 0 amide bonds. The molecular formula is C11H17NO4S2. The van der Waals surface area contributed by atoms with E-state index in [-0.39, 0.29) is 6.61 Å². The highest BCUT2D eigenvalue weighted by Crippen LogP contribution is 2.28. The molecule has 102 valence electrons. The predicted molar refractivity (Wildman–Crippen MR) is 69.2 cm³/mol. The Labute approximate surface area is 111 Å². The van der Waals surface area contributed by atoms with Crippen molar-refractivity contribution in [3.8, 4) is 0 Å². The third-order valence-corrected chi connectivity index (χ3v) is 6.49. The Balaban J connectivity index is 2.28. The zero-order chi connectivity index (χ0) is 13.2. The summed E-state index contributed by atoms with van der Waals surface area (Å²) in [5.41, 5.74) is 0.826. The number of hydrogen-bond donors (Lipinski definition) is 1. The molecule has 0 aliphatic carbocycles. The van der Waals surface area contributed by atoms with Gasteiger partial charge in [-0.15, -0.1) is 11.3 Å². The van der Waals surface area contributed by atoms with Gasteiger partial charge in [-0.2, -0.15) is 4.31 Å². The molecule has 1 fully saturated rings. The fourth-order valence-electron chi connectivity index (χ4n) is 1.86. The number of thiophene rings is 1. The third-order valence-electron chi connectivity index (χ3n) is 2.92. The van der Waals surface area contributed by atoms with Gasteiger partial charge >= 0.3 is 0 Å². The Hall–Kier alpha value is -0.470. The van der Waals surface area contributed by atoms with E-state index < -0.39 is 10.0 Å². The van der Waals surface area contributed by atoms with Gasteiger partial charge in [0.1, 0.15) is 4.21 Å². The molecule has 0 unspecified atom stereocenters. The number of sulfonamides is 1. The minimum Gasteiger partial charge on any atom is -0.391 e. The second kappa shape index (κ2) is 5.66. The van der Waals surface area contributed by atoms with Crippen LogP contribution in [0, 0.1) is 6.92 Å². The Kier molecular flexibility index (Phi) is 4.39. The zero-order valence-corrected chi connectivity index (χ0v) is 11.9. The largest absolute Gasteiger partial charge is 0.391 e. The molecule has 1 aliphatic rings. The van der Waals surface area contributed by atoms with E-state index in [9.17, 15) is 8.42 Å². The molecule has 1 aromatic heterocycles. The summed E-state index contributed by atoms with van der Waals surface area (Å²) in [6, 6.07) is 1.64. The van der Waals surface area contributed by atoms with Gasteiger partial charge in [0.25, 0.3) is 10.0 Å². The highest BCUT2D eigenvalue weighted by atomic mass is 32.2. The number of ether oxygens (including phenoxy) is 1. The predicted octanol–water partition coefficient (Wildman–Crippen LogP) is 0.960. The molecule has 18 heavy (non-hydrogen) atoms. The molecule has 2 rings (SSSR count). The SMILES string of the molecule is Cc1cc(S(=O)(=O)N2CCCOCC2)sc1CO. The first kappa shape index (κ1) is 14.0. The van der Waals surface area contributed by atoms with Crippen LogP contribution in [0.15, 0.2) is 10.3 Å². The number of hydrogen-bond acceptors (Lipinski definition) is 5. The standard InChI is InChI=1S/C11H17NO4S2/c1-9-7-11(17-10(9)8-13)18(14,15)12-3-2-5-16-6-4-12/h7,13H,2-6,8H2,1H3. The molecule has 1 aliphatic heterocycles. The first-order valence-electron chi connectivity index (χ1n) is 5.84. The lowest BCUT2D eigenvalue weighted by atomic mass is 10.3. The molecule has 1 N–H and O–H groups in total. The maximum Gasteiger partial charge on any atom is 0.252 e. The topological polar surface area (TPSA) is 66.8 Å². The molecular weight excluding hydrogens is 274 g/mol. The summed E-state index contributed by atoms with van der Waals surface area (Å²) in [4.78, 5) is 0.708. The minimum absolute atomic E-state index is 0.116. The van der Waals surface area contributed by atoms with Crippen molar-refractivity contribution in [2.75, 3.05) is 26.3 Å². The van der Waals surface area contributed by atoms with Gasteiger partial charge in [-0.1, -0.05) is 0 Å². The fraction of sp³-hybridized carbons (Fsp3) is 0.636. The second-order valence-corrected chi connectivity index (χ2v) is 7.50. The van der Waals surface area contributed by atoms with E-state index in [1.165, 1.54) is 4.31 Å². The molecule has 0 bridgehead atoms. The van der Waals surface area contributed by atoms with Crippen molar-refractivity contribution in [1.82, 2.24) is 4.31 Å². The fourth-order valence-corrected chi connectivity index (χ4v) is 4.93. The second-order valence-electron chi connectivity index (χ2n) is 4.20. The molecule has 7 heteroatoms. The van der Waals surface area contributed by atoms with Crippen LogP contribution in [-0.2, 0) is 21.4 Å². The lowest BCUT2D eigenvalue weighted by Gasteiger charge is -2.17. The number of nitrogens with zero attached hydrogens (tertiary/aromatic N) is 1. The van der Waals surface area contributed by atoms with Crippen LogP contribution in [0.5, 0.6) is 0 Å². The van der Waals surface area contributed by atoms with E-state index in [0.717, 1.165) is 23.3 Å². The van der Waals surface area contributed by atoms with Crippen molar-refractivity contribution in [2.24, 2.45) is 0 Å². The summed E-state index contributed by atoms with van der Waals surface area (Å²) in [6.07, 6.45) is 0.719. The number of rotatable bonds is 3. The lowest BCUT2D eigenvalue weighted by molar-refractivity contribution is 0.148. The molecule has 0 radical (unpaired) electrons. The van der Waals surface area contributed by atoms with Crippen LogP contribution in [0.25, 0.3) is 0 Å². The van der Waals surface area contributed by atoms with Crippen molar-refractivity contribution < 1.29 is 18.3 Å². The normalized spacial score (nSPS) is 18.8. The molecule has 0 saturated carbocycles. The summed E-state index contributed by atoms with van der Waals surface area (Å²) in [7, 11) is -3.44. The first-order valence-corrected chi connectivity index (χ1v) is 8.09. The Morgan fingerprint density at radius 1 is 1.44 bits per heavy atom. The zero-order valence-electron chi connectivity index (χ0n) is 10.3. The average Bonchev–Trinajstić information content (AvgIpc) is 2.55. The Morgan fingerprint density at radius 2 is 2.22 bits per heavy atom. The average molecular weight is 291 g/mol. The number of aryl methyl sites for hydroxylation is 1. The summed E-state index contributed by atoms with van der Waals surface area (Å²) in [5.74, 6) is 0. The van der Waals surface area contributed by atoms with Crippen LogP contribution in [0.2, 0.25) is 0 Å². The maximum atomic E-state index is 12.4. The van der Waals surface area contributed by atoms with Gasteiger partial charge < -0.3 is 9.84 Å². The highest BCUT2D eigenvalue weighted by molar-refractivity contribution is 7.91. The van der Waals surface area contributed by atoms with E-state index in [0.29, 0.717) is 35.4 Å². The molecule has 0 aromatic carbocycles. The van der Waals surface area contributed by atoms with Crippen LogP contribution in [0.1, 0.15) is 16.9 Å². The quantitative estimate of drug-likeness (QED) is 0.901. The van der Waals surface area contributed by atoms with Gasteiger partial charge in [-0.3, -0.25) is 0 Å². The number of aliphatic hydroxyl groups excluding tert-OH is 1. The lowest BCUT2D eigenvalue weighted by Crippen LogP contribution is -2.32. The summed E-state index contributed by atoms with van der Waals surface area (Å²) in [6.45, 7) is 3.64. The Bertz CT molecular complexity index is 501. The molecule has 5 nitrogen and oxygen atoms in total. The van der Waals surface area contributed by atoms with E-state index in [4.69, 9.17) is 9.84 Å². The third kappa shape index (κ3) is 2.75. The summed E-state index contributed by atoms with van der Waals surface area (Å²) in [5, 5.41) is 9.13. The highest BCUT2D eigenvalue weighted by Gasteiger charge is 2.27. The van der Waals surface area contributed by atoms with Gasteiger partial charge in [0.15, 0.2) is 0 Å². The molecule has 1 saturated heterocycles. The van der Waals surface area contributed by atoms with Crippen LogP contribution in [-0.4, -0.2) is 44.1 Å². The number of aliphatic hydroxyl groups is 1. The monoisotopic (exact) mass is 291 g/mol. The molecule has 2 heterocycles. The van der Waals surface area contributed by atoms with E-state index in [1.807, 2.05) is 6.92 Å². The van der Waals surface area contributed by atoms with Gasteiger partial charge in [0.2, 0.25) is 0 Å². The Morgan fingerprint density at radius 3 is 2.89 bits per heavy atom. The van der Waals surface area contributed by atoms with Crippen molar-refractivity contribution in [3.05, 3.63) is 16.5 Å². The molecule has 1 aromatic rings. The van der Waals surface area contributed by atoms with Crippen LogP contribution in [0.3, 0.4) is 0 Å². The molecule has 0 atom stereocenters. The first-order chi connectivity index (χ1) is 8.55. The van der Waals surface area contributed by atoms with Crippen LogP contribution >= 0.6 is 11.3 Å². The van der Waals surface area contributed by atoms with E-state index in [1.54, 1.807) is 6.07 Å². The summed E-state index contributed by atoms with van der Waals surface area (Å²) >= 11 is 1.15. The van der Waals surface area contributed by atoms with Crippen molar-refractivity contribution in [2.45, 2.75) is 24.2 Å². The van der Waals surface area contributed by atoms with Gasteiger partial charge in [0.05, 0.1) is 13.2 Å². The van der Waals surface area contributed by atoms with Crippen molar-refractivity contribution >= 4 is 21.4 Å². The smallest absolute Gasteiger partial charge is 0.252 e. The minimum atomic E-state index is -3.44. The van der Waals surface area contributed by atoms with Crippen molar-refractivity contribution in [1.29, 1.82) is 0 Å².